The van der Waals surface area contributed by atoms with Crippen LogP contribution in [0.15, 0.2) is 0 Å². The quantitative estimate of drug-likeness (QED) is 0.585. The molecule has 0 aromatic rings. The van der Waals surface area contributed by atoms with E-state index < -0.39 is 0 Å². The molecule has 0 spiro atoms. The first-order valence-electron chi connectivity index (χ1n) is 7.39. The largest absolute Gasteiger partial charge is 0.465 e. The summed E-state index contributed by atoms with van der Waals surface area (Å²) in [6.45, 7) is 2.56. The molecule has 1 heterocycles. The Hall–Kier alpha value is -0.650. The lowest BCUT2D eigenvalue weighted by Crippen LogP contribution is -2.27. The van der Waals surface area contributed by atoms with Gasteiger partial charge < -0.3 is 19.9 Å². The van der Waals surface area contributed by atoms with Gasteiger partial charge in [0.15, 0.2) is 6.29 Å². The third kappa shape index (κ3) is 4.75. The summed E-state index contributed by atoms with van der Waals surface area (Å²) in [6.07, 6.45) is 5.46. The van der Waals surface area contributed by atoms with Crippen molar-refractivity contribution >= 4 is 5.97 Å². The van der Waals surface area contributed by atoms with Gasteiger partial charge in [-0.1, -0.05) is 0 Å². The number of esters is 1. The molecule has 0 radical (unpaired) electrons. The Morgan fingerprint density at radius 1 is 1.16 bits per heavy atom. The van der Waals surface area contributed by atoms with E-state index in [0.29, 0.717) is 25.7 Å². The molecule has 1 saturated heterocycles. The number of hydrogen-bond acceptors (Lipinski definition) is 5. The highest BCUT2D eigenvalue weighted by molar-refractivity contribution is 5.72. The van der Waals surface area contributed by atoms with E-state index in [1.54, 1.807) is 0 Å². The van der Waals surface area contributed by atoms with Crippen molar-refractivity contribution in [3.05, 3.63) is 0 Å². The van der Waals surface area contributed by atoms with Crippen molar-refractivity contribution in [2.45, 2.75) is 44.8 Å². The maximum atomic E-state index is 11.9. The van der Waals surface area contributed by atoms with E-state index in [1.807, 2.05) is 0 Å². The van der Waals surface area contributed by atoms with E-state index in [1.165, 1.54) is 0 Å². The molecular weight excluding hydrogens is 246 g/mol. The average Bonchev–Trinajstić information content (AvgIpc) is 2.96. The fourth-order valence-electron chi connectivity index (χ4n) is 2.75. The van der Waals surface area contributed by atoms with Crippen molar-refractivity contribution in [3.8, 4) is 0 Å². The van der Waals surface area contributed by atoms with E-state index in [2.05, 4.69) is 0 Å². The molecule has 110 valence electrons. The molecule has 2 rings (SSSR count). The topological polar surface area (TPSA) is 70.8 Å². The highest BCUT2D eigenvalue weighted by atomic mass is 16.7. The van der Waals surface area contributed by atoms with Gasteiger partial charge in [-0.3, -0.25) is 4.79 Å². The van der Waals surface area contributed by atoms with Crippen LogP contribution in [0.1, 0.15) is 38.5 Å². The van der Waals surface area contributed by atoms with E-state index in [4.69, 9.17) is 19.9 Å². The molecule has 2 N–H and O–H groups in total. The van der Waals surface area contributed by atoms with Crippen molar-refractivity contribution < 1.29 is 19.0 Å². The van der Waals surface area contributed by atoms with Crippen LogP contribution >= 0.6 is 0 Å². The summed E-state index contributed by atoms with van der Waals surface area (Å²) < 4.78 is 16.0. The van der Waals surface area contributed by atoms with Gasteiger partial charge in [-0.2, -0.15) is 0 Å². The van der Waals surface area contributed by atoms with Gasteiger partial charge in [0, 0.05) is 6.42 Å². The van der Waals surface area contributed by atoms with Crippen molar-refractivity contribution in [1.29, 1.82) is 0 Å². The van der Waals surface area contributed by atoms with Crippen molar-refractivity contribution in [2.24, 2.45) is 17.6 Å². The normalized spacial score (nSPS) is 28.5. The van der Waals surface area contributed by atoms with Crippen LogP contribution in [0.4, 0.5) is 0 Å². The standard InChI is InChI=1S/C14H25NO4/c15-10-11-3-5-12(6-4-11)14(16)19-7-1-2-13-17-8-9-18-13/h11-13H,1-10,15H2. The van der Waals surface area contributed by atoms with Crippen LogP contribution in [-0.4, -0.2) is 38.6 Å². The molecule has 2 aliphatic rings. The highest BCUT2D eigenvalue weighted by Gasteiger charge is 2.26. The fraction of sp³-hybridized carbons (Fsp3) is 0.929. The fourth-order valence-corrected chi connectivity index (χ4v) is 2.75. The van der Waals surface area contributed by atoms with E-state index in [9.17, 15) is 4.79 Å². The zero-order valence-electron chi connectivity index (χ0n) is 11.5. The van der Waals surface area contributed by atoms with E-state index in [0.717, 1.165) is 45.1 Å². The third-order valence-electron chi connectivity index (χ3n) is 4.03. The summed E-state index contributed by atoms with van der Waals surface area (Å²) in [4.78, 5) is 11.9. The van der Waals surface area contributed by atoms with Gasteiger partial charge in [-0.05, 0) is 44.6 Å². The zero-order chi connectivity index (χ0) is 13.5. The van der Waals surface area contributed by atoms with Crippen LogP contribution < -0.4 is 5.73 Å². The Balaban J connectivity index is 1.54. The molecule has 2 fully saturated rings. The molecule has 1 saturated carbocycles. The number of rotatable bonds is 6. The first kappa shape index (κ1) is 14.8. The smallest absolute Gasteiger partial charge is 0.308 e. The molecular formula is C14H25NO4. The highest BCUT2D eigenvalue weighted by Crippen LogP contribution is 2.28. The van der Waals surface area contributed by atoms with Gasteiger partial charge in [0.25, 0.3) is 0 Å². The lowest BCUT2D eigenvalue weighted by atomic mass is 9.82. The van der Waals surface area contributed by atoms with Gasteiger partial charge in [0.05, 0.1) is 25.7 Å². The van der Waals surface area contributed by atoms with Crippen molar-refractivity contribution in [1.82, 2.24) is 0 Å². The number of hydrogen-bond donors (Lipinski definition) is 1. The molecule has 1 aliphatic heterocycles. The minimum absolute atomic E-state index is 0.0382. The van der Waals surface area contributed by atoms with Gasteiger partial charge in [0.2, 0.25) is 0 Å². The third-order valence-corrected chi connectivity index (χ3v) is 4.03. The molecule has 19 heavy (non-hydrogen) atoms. The molecule has 5 nitrogen and oxygen atoms in total. The second-order valence-corrected chi connectivity index (χ2v) is 5.43. The Bertz CT molecular complexity index is 271. The first-order valence-corrected chi connectivity index (χ1v) is 7.39. The lowest BCUT2D eigenvalue weighted by molar-refractivity contribution is -0.150. The van der Waals surface area contributed by atoms with E-state index >= 15 is 0 Å². The minimum atomic E-state index is -0.0984. The summed E-state index contributed by atoms with van der Waals surface area (Å²) in [7, 11) is 0. The summed E-state index contributed by atoms with van der Waals surface area (Å²) in [5, 5.41) is 0. The maximum absolute atomic E-state index is 11.9. The molecule has 0 bridgehead atoms. The summed E-state index contributed by atoms with van der Waals surface area (Å²) in [5.41, 5.74) is 5.64. The minimum Gasteiger partial charge on any atom is -0.465 e. The number of nitrogens with two attached hydrogens (primary N) is 1. The Labute approximate surface area is 114 Å². The van der Waals surface area contributed by atoms with Crippen LogP contribution in [0, 0.1) is 11.8 Å². The molecule has 0 unspecified atom stereocenters. The number of carbonyl (C=O) groups excluding carboxylic acids is 1. The predicted octanol–water partition coefficient (Wildman–Crippen LogP) is 1.45. The molecule has 0 amide bonds. The first-order chi connectivity index (χ1) is 9.29. The molecule has 1 aliphatic carbocycles. The predicted molar refractivity (Wildman–Crippen MR) is 70.4 cm³/mol. The van der Waals surface area contributed by atoms with E-state index in [-0.39, 0.29) is 18.2 Å². The Morgan fingerprint density at radius 2 is 1.84 bits per heavy atom. The lowest BCUT2D eigenvalue weighted by Gasteiger charge is -2.26. The van der Waals surface area contributed by atoms with Gasteiger partial charge >= 0.3 is 5.97 Å². The van der Waals surface area contributed by atoms with Gasteiger partial charge in [-0.15, -0.1) is 0 Å². The Kier molecular flexibility index (Phi) is 6.07. The van der Waals surface area contributed by atoms with Crippen LogP contribution in [0.5, 0.6) is 0 Å². The summed E-state index contributed by atoms with van der Waals surface area (Å²) in [6, 6.07) is 0. The molecule has 0 aromatic heterocycles. The van der Waals surface area contributed by atoms with Crippen LogP contribution in [0.2, 0.25) is 0 Å². The van der Waals surface area contributed by atoms with Crippen LogP contribution in [-0.2, 0) is 19.0 Å². The monoisotopic (exact) mass is 271 g/mol. The molecule has 5 heteroatoms. The van der Waals surface area contributed by atoms with Crippen molar-refractivity contribution in [2.75, 3.05) is 26.4 Å². The van der Waals surface area contributed by atoms with Crippen LogP contribution in [0.3, 0.4) is 0 Å². The second kappa shape index (κ2) is 7.82. The number of carbonyl (C=O) groups is 1. The van der Waals surface area contributed by atoms with Gasteiger partial charge in [-0.25, -0.2) is 0 Å². The second-order valence-electron chi connectivity index (χ2n) is 5.43. The molecule has 0 atom stereocenters. The molecule has 0 aromatic carbocycles. The average molecular weight is 271 g/mol. The SMILES string of the molecule is NCC1CCC(C(=O)OCCCC2OCCO2)CC1. The van der Waals surface area contributed by atoms with Gasteiger partial charge in [0.1, 0.15) is 0 Å². The zero-order valence-corrected chi connectivity index (χ0v) is 11.5. The summed E-state index contributed by atoms with van der Waals surface area (Å²) >= 11 is 0. The number of ether oxygens (including phenoxy) is 3. The maximum Gasteiger partial charge on any atom is 0.308 e. The van der Waals surface area contributed by atoms with Crippen molar-refractivity contribution in [3.63, 3.8) is 0 Å². The van der Waals surface area contributed by atoms with Crippen LogP contribution in [0.25, 0.3) is 0 Å². The summed E-state index contributed by atoms with van der Waals surface area (Å²) in [5.74, 6) is 0.645. The Morgan fingerprint density at radius 3 is 2.47 bits per heavy atom.